The Bertz CT molecular complexity index is 1180. The average molecular weight is 431 g/mol. The van der Waals surface area contributed by atoms with Crippen LogP contribution in [0.3, 0.4) is 0 Å². The zero-order chi connectivity index (χ0) is 22.5. The van der Waals surface area contributed by atoms with Gasteiger partial charge in [0.05, 0.1) is 0 Å². The molecule has 3 aromatic carbocycles. The van der Waals surface area contributed by atoms with E-state index in [1.54, 1.807) is 18.2 Å². The number of nitrogens with one attached hydrogen (secondary N) is 2. The maximum atomic E-state index is 10.2. The molecule has 0 bridgehead atoms. The number of hydrogen-bond donors (Lipinski definition) is 4. The second-order valence-corrected chi connectivity index (χ2v) is 8.32. The van der Waals surface area contributed by atoms with E-state index in [1.165, 1.54) is 33.7 Å². The molecule has 0 aliphatic heterocycles. The molecule has 4 N–H and O–H groups in total. The summed E-state index contributed by atoms with van der Waals surface area (Å²) in [6.45, 7) is 5.58. The summed E-state index contributed by atoms with van der Waals surface area (Å²) in [6.07, 6.45) is 0.200. The van der Waals surface area contributed by atoms with E-state index < -0.39 is 6.10 Å². The van der Waals surface area contributed by atoms with E-state index in [4.69, 9.17) is 4.74 Å². The molecule has 0 amide bonds. The van der Waals surface area contributed by atoms with Crippen LogP contribution < -0.4 is 10.1 Å². The molecular formula is C27H30N2O3. The Balaban J connectivity index is 1.39. The van der Waals surface area contributed by atoms with Crippen LogP contribution in [0.15, 0.2) is 66.7 Å². The summed E-state index contributed by atoms with van der Waals surface area (Å²) in [7, 11) is 0. The van der Waals surface area contributed by atoms with Crippen LogP contribution in [0.5, 0.6) is 11.5 Å². The highest BCUT2D eigenvalue weighted by atomic mass is 16.5. The molecule has 5 heteroatoms. The van der Waals surface area contributed by atoms with Gasteiger partial charge < -0.3 is 25.3 Å². The van der Waals surface area contributed by atoms with E-state index in [1.807, 2.05) is 0 Å². The smallest absolute Gasteiger partial charge is 0.123 e. The largest absolute Gasteiger partial charge is 0.508 e. The number of H-pyrrole nitrogens is 1. The second-order valence-electron chi connectivity index (χ2n) is 8.32. The van der Waals surface area contributed by atoms with Crippen LogP contribution in [0.1, 0.15) is 16.7 Å². The second kappa shape index (κ2) is 9.90. The van der Waals surface area contributed by atoms with Gasteiger partial charge in [0, 0.05) is 29.2 Å². The van der Waals surface area contributed by atoms with Gasteiger partial charge in [0.2, 0.25) is 0 Å². The first-order valence-electron chi connectivity index (χ1n) is 11.0. The Morgan fingerprint density at radius 1 is 0.969 bits per heavy atom. The zero-order valence-corrected chi connectivity index (χ0v) is 18.6. The minimum absolute atomic E-state index is 0.147. The van der Waals surface area contributed by atoms with Gasteiger partial charge in [-0.1, -0.05) is 41.5 Å². The Kier molecular flexibility index (Phi) is 6.78. The Hall–Kier alpha value is -3.28. The van der Waals surface area contributed by atoms with Crippen molar-refractivity contribution in [3.8, 4) is 22.8 Å². The molecule has 166 valence electrons. The number of para-hydroxylation sites is 1. The van der Waals surface area contributed by atoms with E-state index in [0.717, 1.165) is 24.2 Å². The van der Waals surface area contributed by atoms with Gasteiger partial charge in [-0.05, 0) is 68.3 Å². The van der Waals surface area contributed by atoms with Crippen molar-refractivity contribution in [1.82, 2.24) is 10.3 Å². The van der Waals surface area contributed by atoms with Gasteiger partial charge in [-0.2, -0.15) is 0 Å². The van der Waals surface area contributed by atoms with E-state index in [9.17, 15) is 10.2 Å². The van der Waals surface area contributed by atoms with Gasteiger partial charge >= 0.3 is 0 Å². The molecule has 4 rings (SSSR count). The standard InChI is InChI=1S/C27H30N2O3/c1-18-12-19(2)14-20(13-18)27-25(24-8-3-4-9-26(24)29-27)10-11-28-16-22(31)17-32-23-7-5-6-21(30)15-23/h3-9,12-15,22,28-31H,10-11,16-17H2,1-2H3. The van der Waals surface area contributed by atoms with Crippen LogP contribution in [0, 0.1) is 13.8 Å². The number of aromatic amines is 1. The third-order valence-corrected chi connectivity index (χ3v) is 5.52. The third kappa shape index (κ3) is 5.31. The summed E-state index contributed by atoms with van der Waals surface area (Å²) in [5.41, 5.74) is 7.27. The molecule has 1 heterocycles. The van der Waals surface area contributed by atoms with Crippen LogP contribution in [0.25, 0.3) is 22.2 Å². The van der Waals surface area contributed by atoms with Crippen LogP contribution in [-0.2, 0) is 6.42 Å². The molecule has 4 aromatic rings. The number of fused-ring (bicyclic) bond motifs is 1. The summed E-state index contributed by atoms with van der Waals surface area (Å²) >= 11 is 0. The molecule has 0 spiro atoms. The number of aromatic hydroxyl groups is 1. The predicted molar refractivity (Wildman–Crippen MR) is 129 cm³/mol. The highest BCUT2D eigenvalue weighted by molar-refractivity contribution is 5.91. The number of aryl methyl sites for hydroxylation is 2. The van der Waals surface area contributed by atoms with Crippen molar-refractivity contribution in [3.05, 3.63) is 83.4 Å². The van der Waals surface area contributed by atoms with Gasteiger partial charge in [-0.15, -0.1) is 0 Å². The van der Waals surface area contributed by atoms with Gasteiger partial charge in [0.15, 0.2) is 0 Å². The molecule has 32 heavy (non-hydrogen) atoms. The lowest BCUT2D eigenvalue weighted by atomic mass is 9.99. The van der Waals surface area contributed by atoms with Gasteiger partial charge in [0.25, 0.3) is 0 Å². The number of hydrogen-bond acceptors (Lipinski definition) is 4. The van der Waals surface area contributed by atoms with E-state index in [0.29, 0.717) is 12.3 Å². The fourth-order valence-corrected chi connectivity index (χ4v) is 4.13. The molecule has 1 atom stereocenters. The average Bonchev–Trinajstić information content (AvgIpc) is 3.13. The molecule has 1 unspecified atom stereocenters. The minimum Gasteiger partial charge on any atom is -0.508 e. The maximum absolute atomic E-state index is 10.2. The Labute approximate surface area is 188 Å². The van der Waals surface area contributed by atoms with Crippen molar-refractivity contribution in [1.29, 1.82) is 0 Å². The molecule has 0 aliphatic rings. The zero-order valence-electron chi connectivity index (χ0n) is 18.6. The lowest BCUT2D eigenvalue weighted by Gasteiger charge is -2.14. The predicted octanol–water partition coefficient (Wildman–Crippen LogP) is 4.73. The summed E-state index contributed by atoms with van der Waals surface area (Å²) < 4.78 is 5.55. The Morgan fingerprint density at radius 2 is 1.75 bits per heavy atom. The van der Waals surface area contributed by atoms with Crippen molar-refractivity contribution < 1.29 is 14.9 Å². The van der Waals surface area contributed by atoms with E-state index in [2.05, 4.69) is 66.6 Å². The summed E-state index contributed by atoms with van der Waals surface area (Å²) in [5, 5.41) is 24.3. The highest BCUT2D eigenvalue weighted by Crippen LogP contribution is 2.31. The van der Waals surface area contributed by atoms with Crippen LogP contribution in [-0.4, -0.2) is 41.0 Å². The fraction of sp³-hybridized carbons (Fsp3) is 0.259. The lowest BCUT2D eigenvalue weighted by molar-refractivity contribution is 0.106. The first-order chi connectivity index (χ1) is 15.5. The molecule has 0 saturated heterocycles. The first kappa shape index (κ1) is 21.9. The number of benzene rings is 3. The molecular weight excluding hydrogens is 400 g/mol. The number of ether oxygens (including phenoxy) is 1. The number of phenolic OH excluding ortho intramolecular Hbond substituents is 1. The topological polar surface area (TPSA) is 77.5 Å². The molecule has 0 fully saturated rings. The van der Waals surface area contributed by atoms with E-state index >= 15 is 0 Å². The van der Waals surface area contributed by atoms with Crippen molar-refractivity contribution in [2.75, 3.05) is 19.7 Å². The molecule has 0 radical (unpaired) electrons. The number of aliphatic hydroxyl groups is 1. The lowest BCUT2D eigenvalue weighted by Crippen LogP contribution is -2.32. The first-order valence-corrected chi connectivity index (χ1v) is 11.0. The molecule has 1 aromatic heterocycles. The van der Waals surface area contributed by atoms with Crippen molar-refractivity contribution >= 4 is 10.9 Å². The van der Waals surface area contributed by atoms with Crippen molar-refractivity contribution in [3.63, 3.8) is 0 Å². The molecule has 0 saturated carbocycles. The maximum Gasteiger partial charge on any atom is 0.123 e. The Morgan fingerprint density at radius 3 is 2.53 bits per heavy atom. The number of phenols is 1. The van der Waals surface area contributed by atoms with Gasteiger partial charge in [-0.3, -0.25) is 0 Å². The van der Waals surface area contributed by atoms with E-state index in [-0.39, 0.29) is 12.4 Å². The van der Waals surface area contributed by atoms with Crippen LogP contribution >= 0.6 is 0 Å². The SMILES string of the molecule is Cc1cc(C)cc(-c2[nH]c3ccccc3c2CCNCC(O)COc2cccc(O)c2)c1. The summed E-state index contributed by atoms with van der Waals surface area (Å²) in [4.78, 5) is 3.61. The number of aliphatic hydroxyl groups excluding tert-OH is 1. The highest BCUT2D eigenvalue weighted by Gasteiger charge is 2.14. The number of rotatable bonds is 9. The minimum atomic E-state index is -0.640. The van der Waals surface area contributed by atoms with Crippen LogP contribution in [0.4, 0.5) is 0 Å². The summed E-state index contributed by atoms with van der Waals surface area (Å²) in [6, 6.07) is 21.6. The fourth-order valence-electron chi connectivity index (χ4n) is 4.13. The van der Waals surface area contributed by atoms with Crippen molar-refractivity contribution in [2.45, 2.75) is 26.4 Å². The van der Waals surface area contributed by atoms with Gasteiger partial charge in [-0.25, -0.2) is 0 Å². The van der Waals surface area contributed by atoms with Crippen molar-refractivity contribution in [2.24, 2.45) is 0 Å². The monoisotopic (exact) mass is 430 g/mol. The third-order valence-electron chi connectivity index (χ3n) is 5.52. The van der Waals surface area contributed by atoms with Crippen LogP contribution in [0.2, 0.25) is 0 Å². The van der Waals surface area contributed by atoms with Gasteiger partial charge in [0.1, 0.15) is 24.2 Å². The normalized spacial score (nSPS) is 12.2. The molecule has 5 nitrogen and oxygen atoms in total. The summed E-state index contributed by atoms with van der Waals surface area (Å²) in [5.74, 6) is 0.689. The number of aromatic nitrogens is 1. The quantitative estimate of drug-likeness (QED) is 0.290. The molecule has 0 aliphatic carbocycles.